The highest BCUT2D eigenvalue weighted by Gasteiger charge is 2.21. The lowest BCUT2D eigenvalue weighted by atomic mass is 10.1. The Kier molecular flexibility index (Phi) is 6.09. The summed E-state index contributed by atoms with van der Waals surface area (Å²) in [5, 5.41) is 9.71. The van der Waals surface area contributed by atoms with E-state index < -0.39 is 11.7 Å². The number of ether oxygens (including phenoxy) is 1. The van der Waals surface area contributed by atoms with E-state index in [2.05, 4.69) is 25.9 Å². The van der Waals surface area contributed by atoms with E-state index in [1.807, 2.05) is 18.2 Å². The molecule has 10 heteroatoms. The number of hydrogen-bond donors (Lipinski definition) is 3. The summed E-state index contributed by atoms with van der Waals surface area (Å²) in [4.78, 5) is 34.6. The minimum atomic E-state index is -0.634. The first-order valence-electron chi connectivity index (χ1n) is 9.84. The second-order valence-electron chi connectivity index (χ2n) is 7.20. The van der Waals surface area contributed by atoms with E-state index >= 15 is 0 Å². The topological polar surface area (TPSA) is 108 Å². The van der Waals surface area contributed by atoms with Crippen LogP contribution in [0.1, 0.15) is 10.4 Å². The molecule has 0 unspecified atom stereocenters. The van der Waals surface area contributed by atoms with Crippen molar-refractivity contribution in [3.63, 3.8) is 0 Å². The molecule has 3 N–H and O–H groups in total. The molecule has 0 saturated carbocycles. The molecule has 1 aliphatic rings. The molecular formula is C22H21ClN6O3. The summed E-state index contributed by atoms with van der Waals surface area (Å²) in [6.45, 7) is 1.36. The van der Waals surface area contributed by atoms with Gasteiger partial charge in [0.1, 0.15) is 17.4 Å². The maximum atomic E-state index is 12.6. The van der Waals surface area contributed by atoms with Crippen LogP contribution in [0, 0.1) is 0 Å². The van der Waals surface area contributed by atoms with Gasteiger partial charge in [0.05, 0.1) is 23.1 Å². The number of carbonyl (C=O) groups is 2. The molecule has 2 aromatic carbocycles. The van der Waals surface area contributed by atoms with Gasteiger partial charge in [0.2, 0.25) is 5.95 Å². The van der Waals surface area contributed by atoms with Crippen molar-refractivity contribution in [2.75, 3.05) is 43.2 Å². The molecule has 1 aromatic heterocycles. The third-order valence-electron chi connectivity index (χ3n) is 4.68. The molecule has 9 nitrogen and oxygen atoms in total. The predicted molar refractivity (Wildman–Crippen MR) is 124 cm³/mol. The summed E-state index contributed by atoms with van der Waals surface area (Å²) in [6, 6.07) is 12.3. The maximum Gasteiger partial charge on any atom is 0.294 e. The molecule has 1 amide bonds. The number of anilines is 5. The van der Waals surface area contributed by atoms with Crippen LogP contribution in [0.4, 0.5) is 28.8 Å². The van der Waals surface area contributed by atoms with E-state index in [9.17, 15) is 9.59 Å². The molecule has 0 atom stereocenters. The number of fused-ring (bicyclic) bond motifs is 1. The first kappa shape index (κ1) is 21.4. The molecule has 0 fully saturated rings. The number of nitrogens with zero attached hydrogens (tertiary/aromatic N) is 3. The lowest BCUT2D eigenvalue weighted by Gasteiger charge is -2.20. The maximum absolute atomic E-state index is 12.6. The average molecular weight is 453 g/mol. The first-order valence-corrected chi connectivity index (χ1v) is 10.2. The number of para-hydroxylation sites is 1. The number of benzene rings is 2. The Balaban J connectivity index is 1.58. The number of Topliss-reactive ketones (excluding diaryl/α,β-unsaturated/α-hetero) is 1. The van der Waals surface area contributed by atoms with Gasteiger partial charge < -0.3 is 25.6 Å². The molecular weight excluding hydrogens is 432 g/mol. The van der Waals surface area contributed by atoms with Crippen molar-refractivity contribution in [2.45, 2.75) is 0 Å². The number of amides is 1. The van der Waals surface area contributed by atoms with Crippen LogP contribution in [0.25, 0.3) is 0 Å². The molecule has 0 saturated heterocycles. The molecule has 0 aliphatic carbocycles. The third-order valence-corrected chi connectivity index (χ3v) is 4.96. The van der Waals surface area contributed by atoms with Crippen molar-refractivity contribution in [1.29, 1.82) is 0 Å². The summed E-state index contributed by atoms with van der Waals surface area (Å²) in [7, 11) is 3.05. The predicted octanol–water partition coefficient (Wildman–Crippen LogP) is 3.69. The Morgan fingerprint density at radius 1 is 1.16 bits per heavy atom. The fourth-order valence-corrected chi connectivity index (χ4v) is 3.24. The Morgan fingerprint density at radius 2 is 1.97 bits per heavy atom. The second-order valence-corrected chi connectivity index (χ2v) is 7.61. The van der Waals surface area contributed by atoms with E-state index in [0.29, 0.717) is 24.1 Å². The molecule has 4 rings (SSSR count). The normalized spacial score (nSPS) is 12.1. The van der Waals surface area contributed by atoms with Crippen molar-refractivity contribution in [2.24, 2.45) is 0 Å². The molecule has 1 aliphatic heterocycles. The Hall–Kier alpha value is -3.85. The fourth-order valence-electron chi connectivity index (χ4n) is 3.10. The first-order chi connectivity index (χ1) is 15.4. The van der Waals surface area contributed by atoms with Crippen molar-refractivity contribution >= 4 is 52.1 Å². The van der Waals surface area contributed by atoms with Crippen molar-refractivity contribution in [1.82, 2.24) is 14.9 Å². The highest BCUT2D eigenvalue weighted by molar-refractivity contribution is 6.43. The number of hydrogen-bond acceptors (Lipinski definition) is 8. The van der Waals surface area contributed by atoms with E-state index in [0.717, 1.165) is 23.7 Å². The SMILES string of the molecule is CN(C)C(=O)C(=O)c1ccccc1Nc1nc(Nc2ccc3c(c2)NCCO3)ncc1Cl. The van der Waals surface area contributed by atoms with Gasteiger partial charge in [0.15, 0.2) is 5.82 Å². The van der Waals surface area contributed by atoms with Gasteiger partial charge in [-0.05, 0) is 30.3 Å². The van der Waals surface area contributed by atoms with Crippen molar-refractivity contribution in [3.8, 4) is 5.75 Å². The Bertz CT molecular complexity index is 1180. The van der Waals surface area contributed by atoms with E-state index in [1.54, 1.807) is 24.3 Å². The average Bonchev–Trinajstić information content (AvgIpc) is 2.80. The zero-order chi connectivity index (χ0) is 22.7. The lowest BCUT2D eigenvalue weighted by Crippen LogP contribution is -2.30. The van der Waals surface area contributed by atoms with E-state index in [-0.39, 0.29) is 10.6 Å². The zero-order valence-electron chi connectivity index (χ0n) is 17.5. The zero-order valence-corrected chi connectivity index (χ0v) is 18.2. The minimum absolute atomic E-state index is 0.219. The van der Waals surface area contributed by atoms with Crippen LogP contribution in [-0.4, -0.2) is 53.8 Å². The quantitative estimate of drug-likeness (QED) is 0.384. The van der Waals surface area contributed by atoms with Gasteiger partial charge in [0, 0.05) is 26.3 Å². The summed E-state index contributed by atoms with van der Waals surface area (Å²) >= 11 is 6.29. The van der Waals surface area contributed by atoms with Gasteiger partial charge in [0.25, 0.3) is 11.7 Å². The molecule has 0 bridgehead atoms. The number of nitrogens with one attached hydrogen (secondary N) is 3. The summed E-state index contributed by atoms with van der Waals surface area (Å²) < 4.78 is 5.59. The summed E-state index contributed by atoms with van der Waals surface area (Å²) in [6.07, 6.45) is 1.45. The van der Waals surface area contributed by atoms with E-state index in [4.69, 9.17) is 16.3 Å². The van der Waals surface area contributed by atoms with Crippen LogP contribution in [0.15, 0.2) is 48.7 Å². The molecule has 3 aromatic rings. The van der Waals surface area contributed by atoms with Crippen LogP contribution < -0.4 is 20.7 Å². The van der Waals surface area contributed by atoms with Crippen LogP contribution >= 0.6 is 11.6 Å². The van der Waals surface area contributed by atoms with Crippen molar-refractivity contribution in [3.05, 3.63) is 59.2 Å². The van der Waals surface area contributed by atoms with Gasteiger partial charge >= 0.3 is 0 Å². The molecule has 0 radical (unpaired) electrons. The van der Waals surface area contributed by atoms with Gasteiger partial charge in [-0.2, -0.15) is 4.98 Å². The van der Waals surface area contributed by atoms with Crippen LogP contribution in [0.5, 0.6) is 5.75 Å². The fraction of sp³-hybridized carbons (Fsp3) is 0.182. The highest BCUT2D eigenvalue weighted by atomic mass is 35.5. The molecule has 2 heterocycles. The Labute approximate surface area is 189 Å². The van der Waals surface area contributed by atoms with E-state index in [1.165, 1.54) is 25.2 Å². The number of rotatable bonds is 6. The van der Waals surface area contributed by atoms with Gasteiger partial charge in [-0.3, -0.25) is 9.59 Å². The number of carbonyl (C=O) groups excluding carboxylic acids is 2. The number of aromatic nitrogens is 2. The Morgan fingerprint density at radius 3 is 2.78 bits per heavy atom. The monoisotopic (exact) mass is 452 g/mol. The largest absolute Gasteiger partial charge is 0.490 e. The van der Waals surface area contributed by atoms with Crippen LogP contribution in [-0.2, 0) is 4.79 Å². The number of likely N-dealkylation sites (N-methyl/N-ethyl adjacent to an activating group) is 1. The van der Waals surface area contributed by atoms with Crippen LogP contribution in [0.3, 0.4) is 0 Å². The minimum Gasteiger partial charge on any atom is -0.490 e. The lowest BCUT2D eigenvalue weighted by molar-refractivity contribution is -0.124. The van der Waals surface area contributed by atoms with Gasteiger partial charge in [-0.15, -0.1) is 0 Å². The standard InChI is InChI=1S/C22H21ClN6O3/c1-29(2)21(31)19(30)14-5-3-4-6-16(14)27-20-15(23)12-25-22(28-20)26-13-7-8-18-17(11-13)24-9-10-32-18/h3-8,11-12,24H,9-10H2,1-2H3,(H2,25,26,27,28). The summed E-state index contributed by atoms with van der Waals surface area (Å²) in [5.74, 6) is 0.128. The number of halogens is 1. The molecule has 164 valence electrons. The molecule has 0 spiro atoms. The molecule has 32 heavy (non-hydrogen) atoms. The third kappa shape index (κ3) is 4.57. The van der Waals surface area contributed by atoms with Gasteiger partial charge in [-0.25, -0.2) is 4.98 Å². The highest BCUT2D eigenvalue weighted by Crippen LogP contribution is 2.32. The summed E-state index contributed by atoms with van der Waals surface area (Å²) in [5.41, 5.74) is 2.28. The second kappa shape index (κ2) is 9.11. The van der Waals surface area contributed by atoms with Crippen LogP contribution in [0.2, 0.25) is 5.02 Å². The smallest absolute Gasteiger partial charge is 0.294 e. The van der Waals surface area contributed by atoms with Gasteiger partial charge in [-0.1, -0.05) is 23.7 Å². The number of ketones is 1. The van der Waals surface area contributed by atoms with Crippen molar-refractivity contribution < 1.29 is 14.3 Å².